The Labute approximate surface area is 262 Å². The predicted molar refractivity (Wildman–Crippen MR) is 171 cm³/mol. The maximum absolute atomic E-state index is 13.2. The van der Waals surface area contributed by atoms with Crippen LogP contribution in [0.2, 0.25) is 0 Å². The van der Waals surface area contributed by atoms with E-state index in [2.05, 4.69) is 37.4 Å². The molecular formula is C35H49N4O5+. The lowest BCUT2D eigenvalue weighted by Gasteiger charge is -2.39. The first-order chi connectivity index (χ1) is 21.0. The Bertz CT molecular complexity index is 1350. The van der Waals surface area contributed by atoms with Gasteiger partial charge in [0.2, 0.25) is 5.91 Å². The van der Waals surface area contributed by atoms with Gasteiger partial charge in [-0.3, -0.25) is 14.5 Å². The summed E-state index contributed by atoms with van der Waals surface area (Å²) >= 11 is 0. The Hall–Kier alpha value is -3.43. The number of esters is 1. The van der Waals surface area contributed by atoms with Gasteiger partial charge in [0, 0.05) is 49.3 Å². The fourth-order valence-electron chi connectivity index (χ4n) is 6.62. The van der Waals surface area contributed by atoms with Crippen LogP contribution >= 0.6 is 0 Å². The summed E-state index contributed by atoms with van der Waals surface area (Å²) < 4.78 is 11.9. The van der Waals surface area contributed by atoms with E-state index in [1.807, 2.05) is 42.2 Å². The number of rotatable bonds is 12. The first kappa shape index (κ1) is 32.0. The van der Waals surface area contributed by atoms with E-state index in [1.54, 1.807) is 0 Å². The van der Waals surface area contributed by atoms with Crippen LogP contribution in [-0.4, -0.2) is 94.8 Å². The van der Waals surface area contributed by atoms with Crippen LogP contribution < -0.4 is 15.0 Å². The molecule has 238 valence electrons. The summed E-state index contributed by atoms with van der Waals surface area (Å²) in [6.45, 7) is 7.39. The van der Waals surface area contributed by atoms with E-state index in [9.17, 15) is 14.4 Å². The van der Waals surface area contributed by atoms with Crippen molar-refractivity contribution in [3.8, 4) is 5.75 Å². The molecule has 9 nitrogen and oxygen atoms in total. The van der Waals surface area contributed by atoms with E-state index < -0.39 is 0 Å². The summed E-state index contributed by atoms with van der Waals surface area (Å²) in [5.41, 5.74) is 4.24. The molecule has 0 atom stereocenters. The quantitative estimate of drug-likeness (QED) is 0.216. The average Bonchev–Trinajstić information content (AvgIpc) is 3.80. The van der Waals surface area contributed by atoms with Gasteiger partial charge in [-0.25, -0.2) is 4.79 Å². The van der Waals surface area contributed by atoms with E-state index in [-0.39, 0.29) is 23.2 Å². The van der Waals surface area contributed by atoms with Gasteiger partial charge in [-0.15, -0.1) is 0 Å². The molecule has 2 aliphatic heterocycles. The average molecular weight is 606 g/mol. The third-order valence-electron chi connectivity index (χ3n) is 9.32. The van der Waals surface area contributed by atoms with Crippen molar-refractivity contribution in [1.82, 2.24) is 10.2 Å². The molecule has 1 spiro atoms. The number of quaternary nitrogens is 1. The van der Waals surface area contributed by atoms with Crippen molar-refractivity contribution in [3.05, 3.63) is 58.7 Å². The molecule has 9 heteroatoms. The van der Waals surface area contributed by atoms with E-state index in [1.165, 1.54) is 7.11 Å². The molecule has 0 aromatic heterocycles. The van der Waals surface area contributed by atoms with Gasteiger partial charge in [-0.05, 0) is 99.0 Å². The molecule has 3 aliphatic rings. The van der Waals surface area contributed by atoms with E-state index in [0.29, 0.717) is 43.2 Å². The number of nitrogens with zero attached hydrogens (tertiary/aromatic N) is 3. The number of methoxy groups -OCH3 is 1. The largest absolute Gasteiger partial charge is 0.494 e. The Morgan fingerprint density at radius 1 is 1.07 bits per heavy atom. The number of carbonyl (C=O) groups is 3. The van der Waals surface area contributed by atoms with Crippen molar-refractivity contribution < 1.29 is 28.3 Å². The molecule has 2 saturated heterocycles. The molecule has 5 rings (SSSR count). The van der Waals surface area contributed by atoms with E-state index >= 15 is 0 Å². The molecule has 2 aromatic rings. The predicted octanol–water partition coefficient (Wildman–Crippen LogP) is 4.59. The molecule has 2 heterocycles. The van der Waals surface area contributed by atoms with Crippen LogP contribution in [0.15, 0.2) is 36.4 Å². The molecule has 0 bridgehead atoms. The van der Waals surface area contributed by atoms with Crippen LogP contribution in [0.25, 0.3) is 0 Å². The second-order valence-corrected chi connectivity index (χ2v) is 13.8. The van der Waals surface area contributed by atoms with Gasteiger partial charge in [0.15, 0.2) is 0 Å². The van der Waals surface area contributed by atoms with Gasteiger partial charge >= 0.3 is 5.97 Å². The van der Waals surface area contributed by atoms with Crippen LogP contribution in [0.4, 0.5) is 5.69 Å². The summed E-state index contributed by atoms with van der Waals surface area (Å²) in [5, 5.41) is 3.01. The molecular weight excluding hydrogens is 556 g/mol. The van der Waals surface area contributed by atoms with Gasteiger partial charge < -0.3 is 24.2 Å². The number of carbonyl (C=O) groups excluding carboxylic acids is 3. The first-order valence-electron chi connectivity index (χ1n) is 16.1. The third kappa shape index (κ3) is 7.61. The Kier molecular flexibility index (Phi) is 9.65. The molecule has 1 aliphatic carbocycles. The van der Waals surface area contributed by atoms with E-state index in [4.69, 9.17) is 9.47 Å². The summed E-state index contributed by atoms with van der Waals surface area (Å²) in [5.74, 6) is 0.938. The highest BCUT2D eigenvalue weighted by Gasteiger charge is 2.45. The molecule has 0 radical (unpaired) electrons. The monoisotopic (exact) mass is 605 g/mol. The van der Waals surface area contributed by atoms with Crippen molar-refractivity contribution in [2.45, 2.75) is 57.9 Å². The van der Waals surface area contributed by atoms with Crippen molar-refractivity contribution >= 4 is 23.5 Å². The van der Waals surface area contributed by atoms with Gasteiger partial charge in [-0.2, -0.15) is 0 Å². The van der Waals surface area contributed by atoms with Crippen LogP contribution in [0.3, 0.4) is 0 Å². The van der Waals surface area contributed by atoms with Crippen LogP contribution in [0.5, 0.6) is 5.75 Å². The number of hydrogen-bond donors (Lipinski definition) is 1. The molecule has 0 unspecified atom stereocenters. The van der Waals surface area contributed by atoms with Crippen molar-refractivity contribution in [2.24, 2.45) is 5.41 Å². The smallest absolute Gasteiger partial charge is 0.338 e. The highest BCUT2D eigenvalue weighted by Crippen LogP contribution is 2.45. The van der Waals surface area contributed by atoms with Crippen LogP contribution in [0, 0.1) is 5.41 Å². The molecule has 1 N–H and O–H groups in total. The van der Waals surface area contributed by atoms with E-state index in [0.717, 1.165) is 85.3 Å². The topological polar surface area (TPSA) is 88.2 Å². The summed E-state index contributed by atoms with van der Waals surface area (Å²) in [6, 6.07) is 11.5. The number of anilines is 1. The number of amides is 2. The maximum atomic E-state index is 13.2. The summed E-state index contributed by atoms with van der Waals surface area (Å²) in [7, 11) is 7.86. The Balaban J connectivity index is 1.18. The molecule has 2 amide bonds. The van der Waals surface area contributed by atoms with Crippen molar-refractivity contribution in [1.29, 1.82) is 0 Å². The lowest BCUT2D eigenvalue weighted by molar-refractivity contribution is -0.870. The van der Waals surface area contributed by atoms with Gasteiger partial charge in [0.25, 0.3) is 5.91 Å². The molecule has 44 heavy (non-hydrogen) atoms. The lowest BCUT2D eigenvalue weighted by atomic mass is 9.77. The van der Waals surface area contributed by atoms with Crippen LogP contribution in [0.1, 0.15) is 83.2 Å². The number of piperidine rings is 1. The number of likely N-dealkylation sites (tertiary alicyclic amines) is 1. The zero-order valence-electron chi connectivity index (χ0n) is 27.1. The highest BCUT2D eigenvalue weighted by molar-refractivity contribution is 5.98. The molecule has 2 aromatic carbocycles. The maximum Gasteiger partial charge on any atom is 0.338 e. The first-order valence-corrected chi connectivity index (χ1v) is 16.1. The van der Waals surface area contributed by atoms with Gasteiger partial charge in [-0.1, -0.05) is 0 Å². The lowest BCUT2D eigenvalue weighted by Crippen LogP contribution is -2.41. The highest BCUT2D eigenvalue weighted by atomic mass is 16.5. The Morgan fingerprint density at radius 2 is 1.77 bits per heavy atom. The minimum atomic E-state index is -0.307. The van der Waals surface area contributed by atoms with Gasteiger partial charge in [0.1, 0.15) is 5.75 Å². The number of hydrogen-bond acceptors (Lipinski definition) is 6. The summed E-state index contributed by atoms with van der Waals surface area (Å²) in [6.07, 6.45) is 5.57. The Morgan fingerprint density at radius 3 is 2.39 bits per heavy atom. The second kappa shape index (κ2) is 13.3. The summed E-state index contributed by atoms with van der Waals surface area (Å²) in [4.78, 5) is 42.7. The number of nitrogens with one attached hydrogen (secondary N) is 1. The van der Waals surface area contributed by atoms with Crippen LogP contribution in [-0.2, 0) is 16.1 Å². The van der Waals surface area contributed by atoms with Crippen molar-refractivity contribution in [2.75, 3.05) is 72.5 Å². The molecule has 1 saturated carbocycles. The second-order valence-electron chi connectivity index (χ2n) is 13.8. The fourth-order valence-corrected chi connectivity index (χ4v) is 6.62. The SMILES string of the molecule is CCOc1cc(C(=O)OC)c(C2CC2)cc1CN1CCC2(CC1)CC(=O)N(c1ccc(C(=O)NCCC[N+](C)(C)C)cc1)C2. The minimum Gasteiger partial charge on any atom is -0.494 e. The molecule has 3 fully saturated rings. The van der Waals surface area contributed by atoms with Crippen molar-refractivity contribution in [3.63, 3.8) is 0 Å². The minimum absolute atomic E-state index is 0.0359. The number of benzene rings is 2. The zero-order chi connectivity index (χ0) is 31.5. The van der Waals surface area contributed by atoms with Gasteiger partial charge in [0.05, 0.1) is 47.0 Å². The fraction of sp³-hybridized carbons (Fsp3) is 0.571. The standard InChI is InChI=1S/C35H48N4O5/c1-6-44-31-21-30(34(42)43-5)29(25-8-9-25)20-27(31)23-37-17-14-35(15-18-37)22-32(40)38(24-35)28-12-10-26(11-13-28)33(41)36-16-7-19-39(2,3)4/h10-13,20-21,25H,6-9,14-19,22-24H2,1-5H3/p+1. The normalized spacial score (nSPS) is 18.5. The zero-order valence-corrected chi connectivity index (χ0v) is 27.1. The number of ether oxygens (including phenoxy) is 2. The third-order valence-corrected chi connectivity index (χ3v) is 9.32.